The molecule has 0 atom stereocenters. The van der Waals surface area contributed by atoms with Crippen LogP contribution in [0, 0.1) is 0 Å². The smallest absolute Gasteiger partial charge is 0.254 e. The van der Waals surface area contributed by atoms with E-state index in [0.717, 1.165) is 41.0 Å². The van der Waals surface area contributed by atoms with Crippen LogP contribution in [0.15, 0.2) is 53.3 Å². The van der Waals surface area contributed by atoms with E-state index >= 15 is 0 Å². The van der Waals surface area contributed by atoms with Gasteiger partial charge in [0, 0.05) is 73.7 Å². The number of hydrogen-bond donors (Lipinski definition) is 3. The summed E-state index contributed by atoms with van der Waals surface area (Å²) in [4.78, 5) is 76.9. The van der Waals surface area contributed by atoms with Crippen molar-refractivity contribution in [2.45, 2.75) is 46.1 Å². The molecule has 74 heavy (non-hydrogen) atoms. The van der Waals surface area contributed by atoms with Crippen LogP contribution in [0.5, 0.6) is 0 Å². The summed E-state index contributed by atoms with van der Waals surface area (Å²) in [6, 6.07) is 5.65. The molecular formula is C51H76N8O15. The van der Waals surface area contributed by atoms with E-state index in [4.69, 9.17) is 53.1 Å². The highest BCUT2D eigenvalue weighted by molar-refractivity contribution is 6.14. The molecule has 2 aromatic rings. The highest BCUT2D eigenvalue weighted by Crippen LogP contribution is 2.30. The molecule has 0 aliphatic carbocycles. The maximum atomic E-state index is 13.3. The number of aliphatic imine (C=N–C) groups is 1. The molecule has 0 spiro atoms. The Kier molecular flexibility index (Phi) is 31.3. The van der Waals surface area contributed by atoms with Crippen LogP contribution in [0.4, 0.5) is 5.69 Å². The number of carbonyl (C=O) groups is 5. The summed E-state index contributed by atoms with van der Waals surface area (Å²) in [5.41, 5.74) is 10.4. The molecule has 5 amide bonds. The van der Waals surface area contributed by atoms with Crippen LogP contribution < -0.4 is 16.4 Å². The normalized spacial score (nSPS) is 13.2. The van der Waals surface area contributed by atoms with Gasteiger partial charge in [0.05, 0.1) is 156 Å². The Morgan fingerprint density at radius 2 is 1.08 bits per heavy atom. The topological polar surface area (TPSA) is 272 Å². The lowest BCUT2D eigenvalue weighted by Crippen LogP contribution is -2.41. The number of pyridine rings is 2. The maximum absolute atomic E-state index is 13.3. The lowest BCUT2D eigenvalue weighted by Gasteiger charge is -2.22. The molecule has 23 nitrogen and oxygen atoms in total. The molecule has 2 aromatic heterocycles. The molecule has 0 saturated heterocycles. The van der Waals surface area contributed by atoms with Crippen LogP contribution in [0.3, 0.4) is 0 Å². The highest BCUT2D eigenvalue weighted by Gasteiger charge is 2.25. The molecule has 0 radical (unpaired) electrons. The molecule has 410 valence electrons. The van der Waals surface area contributed by atoms with Gasteiger partial charge in [0.1, 0.15) is 12.4 Å². The van der Waals surface area contributed by atoms with Crippen molar-refractivity contribution in [1.29, 1.82) is 0 Å². The van der Waals surface area contributed by atoms with Crippen molar-refractivity contribution in [2.24, 2.45) is 10.7 Å². The van der Waals surface area contributed by atoms with Crippen molar-refractivity contribution in [3.63, 3.8) is 0 Å². The second-order valence-electron chi connectivity index (χ2n) is 16.5. The summed E-state index contributed by atoms with van der Waals surface area (Å²) < 4.78 is 54.9. The number of hydrogen-bond acceptors (Lipinski definition) is 19. The minimum atomic E-state index is -0.499. The zero-order valence-corrected chi connectivity index (χ0v) is 43.1. The van der Waals surface area contributed by atoms with Crippen LogP contribution in [0.25, 0.3) is 17.2 Å². The van der Waals surface area contributed by atoms with Gasteiger partial charge in [-0.1, -0.05) is 19.9 Å². The zero-order chi connectivity index (χ0) is 52.9. The Hall–Kier alpha value is -5.60. The van der Waals surface area contributed by atoms with Gasteiger partial charge in [-0.15, -0.1) is 0 Å². The number of ether oxygens (including phenoxy) is 10. The number of carbonyl (C=O) groups excluding carboxylic acids is 5. The minimum absolute atomic E-state index is 0.0354. The van der Waals surface area contributed by atoms with E-state index in [9.17, 15) is 24.0 Å². The van der Waals surface area contributed by atoms with E-state index in [2.05, 4.69) is 39.4 Å². The van der Waals surface area contributed by atoms with Crippen LogP contribution >= 0.6 is 0 Å². The molecular weight excluding hydrogens is 965 g/mol. The summed E-state index contributed by atoms with van der Waals surface area (Å²) >= 11 is 0. The van der Waals surface area contributed by atoms with Crippen molar-refractivity contribution in [3.8, 4) is 11.1 Å². The van der Waals surface area contributed by atoms with Crippen LogP contribution in [-0.4, -0.2) is 213 Å². The number of rotatable bonds is 43. The molecule has 0 fully saturated rings. The monoisotopic (exact) mass is 1040 g/mol. The SMILES string of the molecule is CCCN(CCC)C(=O)C1=Cc2ncc(-c3ccc(CNC(=O)CCOCCOCCOCCOCCOCCOCCOCCOCCOCCOCCNC(=O)CN4C(=O)C=CC4=O)nc3)cc2N=C(N)C1. The fourth-order valence-electron chi connectivity index (χ4n) is 6.90. The molecule has 23 heteroatoms. The Balaban J connectivity index is 0.848. The van der Waals surface area contributed by atoms with Gasteiger partial charge in [0.25, 0.3) is 11.8 Å². The van der Waals surface area contributed by atoms with Crippen molar-refractivity contribution in [1.82, 2.24) is 30.4 Å². The Bertz CT molecular complexity index is 2050. The second-order valence-corrected chi connectivity index (χ2v) is 16.5. The third-order valence-corrected chi connectivity index (χ3v) is 10.6. The first kappa shape index (κ1) is 61.0. The van der Waals surface area contributed by atoms with Crippen molar-refractivity contribution < 1.29 is 71.3 Å². The Morgan fingerprint density at radius 1 is 0.608 bits per heavy atom. The number of aromatic nitrogens is 2. The van der Waals surface area contributed by atoms with E-state index in [1.54, 1.807) is 18.5 Å². The van der Waals surface area contributed by atoms with Crippen LogP contribution in [0.2, 0.25) is 0 Å². The molecule has 4 rings (SSSR count). The standard InChI is InChI=1S/C51H76N8O15/c1-3-11-58(12-4-2)51(64)41-33-44-45(57-46(52)35-41)34-42(37-55-44)40-5-6-43(54-36-40)38-56-47(60)9-13-65-15-17-67-19-21-69-23-25-71-27-29-73-31-32-74-30-28-72-26-24-70-22-20-68-18-16-66-14-10-53-48(61)39-59-49(62)7-8-50(59)63/h5-8,33-34,36-37H,3-4,9-32,35,38-39H2,1-2H3,(H2,52,57)(H,53,61)(H,56,60). The lowest BCUT2D eigenvalue weighted by molar-refractivity contribution is -0.141. The first-order valence-corrected chi connectivity index (χ1v) is 25.3. The number of fused-ring (bicyclic) bond motifs is 1. The van der Waals surface area contributed by atoms with Crippen molar-refractivity contribution in [2.75, 3.05) is 158 Å². The Labute approximate surface area is 433 Å². The van der Waals surface area contributed by atoms with E-state index in [1.165, 1.54) is 0 Å². The van der Waals surface area contributed by atoms with E-state index < -0.39 is 17.7 Å². The first-order chi connectivity index (χ1) is 36.2. The van der Waals surface area contributed by atoms with Crippen molar-refractivity contribution >= 4 is 47.1 Å². The number of nitrogens with two attached hydrogens (primary N) is 1. The van der Waals surface area contributed by atoms with E-state index in [1.807, 2.05) is 23.1 Å². The zero-order valence-electron chi connectivity index (χ0n) is 43.1. The van der Waals surface area contributed by atoms with E-state index in [-0.39, 0.29) is 57.5 Å². The second kappa shape index (κ2) is 38.0. The number of nitrogens with one attached hydrogen (secondary N) is 2. The van der Waals surface area contributed by atoms with Gasteiger partial charge in [-0.2, -0.15) is 0 Å². The quantitative estimate of drug-likeness (QED) is 0.0631. The van der Waals surface area contributed by atoms with E-state index in [0.29, 0.717) is 160 Å². The van der Waals surface area contributed by atoms with Gasteiger partial charge in [0.15, 0.2) is 0 Å². The van der Waals surface area contributed by atoms with Gasteiger partial charge < -0.3 is 68.6 Å². The fraction of sp³-hybridized carbons (Fsp3) is 0.608. The largest absolute Gasteiger partial charge is 0.387 e. The third-order valence-electron chi connectivity index (χ3n) is 10.6. The summed E-state index contributed by atoms with van der Waals surface area (Å²) in [7, 11) is 0. The minimum Gasteiger partial charge on any atom is -0.387 e. The first-order valence-electron chi connectivity index (χ1n) is 25.3. The summed E-state index contributed by atoms with van der Waals surface area (Å²) in [5, 5.41) is 5.46. The fourth-order valence-corrected chi connectivity index (χ4v) is 6.90. The van der Waals surface area contributed by atoms with Gasteiger partial charge in [-0.3, -0.25) is 38.8 Å². The Morgan fingerprint density at radius 3 is 1.55 bits per heavy atom. The number of nitrogens with zero attached hydrogens (tertiary/aromatic N) is 5. The molecule has 4 heterocycles. The average molecular weight is 1040 g/mol. The summed E-state index contributed by atoms with van der Waals surface area (Å²) in [6.07, 6.45) is 9.74. The molecule has 4 N–H and O–H groups in total. The van der Waals surface area contributed by atoms with Crippen LogP contribution in [-0.2, 0) is 77.9 Å². The molecule has 2 aliphatic heterocycles. The molecule has 0 saturated carbocycles. The van der Waals surface area contributed by atoms with Crippen molar-refractivity contribution in [3.05, 3.63) is 59.7 Å². The molecule has 2 aliphatic rings. The number of imide groups is 1. The lowest BCUT2D eigenvalue weighted by atomic mass is 10.1. The summed E-state index contributed by atoms with van der Waals surface area (Å²) in [5.74, 6) is -1.26. The van der Waals surface area contributed by atoms with Gasteiger partial charge in [-0.05, 0) is 31.1 Å². The predicted molar refractivity (Wildman–Crippen MR) is 272 cm³/mol. The number of amidine groups is 1. The third kappa shape index (κ3) is 25.6. The molecule has 0 aromatic carbocycles. The molecule has 0 unspecified atom stereocenters. The molecule has 0 bridgehead atoms. The van der Waals surface area contributed by atoms with Gasteiger partial charge >= 0.3 is 0 Å². The predicted octanol–water partition coefficient (Wildman–Crippen LogP) is 1.78. The van der Waals surface area contributed by atoms with Gasteiger partial charge in [0.2, 0.25) is 17.7 Å². The highest BCUT2D eigenvalue weighted by atomic mass is 16.6. The van der Waals surface area contributed by atoms with Crippen LogP contribution in [0.1, 0.15) is 50.9 Å². The van der Waals surface area contributed by atoms with Gasteiger partial charge in [-0.25, -0.2) is 4.99 Å². The average Bonchev–Trinajstić information content (AvgIpc) is 3.60. The summed E-state index contributed by atoms with van der Waals surface area (Å²) in [6.45, 7) is 13.8. The maximum Gasteiger partial charge on any atom is 0.254 e. The number of amides is 5.